The van der Waals surface area contributed by atoms with E-state index in [1.54, 1.807) is 6.20 Å². The van der Waals surface area contributed by atoms with Gasteiger partial charge in [0.05, 0.1) is 24.4 Å². The highest BCUT2D eigenvalue weighted by molar-refractivity contribution is 5.86. The fourth-order valence-electron chi connectivity index (χ4n) is 4.32. The highest BCUT2D eigenvalue weighted by Gasteiger charge is 2.27. The molecular formula is C25H30N4O. The molecule has 0 saturated carbocycles. The molecule has 0 spiro atoms. The maximum Gasteiger partial charge on any atom is 0.319 e. The molecule has 2 atom stereocenters. The van der Waals surface area contributed by atoms with Crippen molar-refractivity contribution < 1.29 is 4.79 Å². The van der Waals surface area contributed by atoms with Gasteiger partial charge in [0.15, 0.2) is 0 Å². The van der Waals surface area contributed by atoms with Crippen molar-refractivity contribution in [3.05, 3.63) is 78.1 Å². The van der Waals surface area contributed by atoms with Crippen LogP contribution in [0.2, 0.25) is 0 Å². The molecule has 4 rings (SSSR count). The number of hydrogen-bond donors (Lipinski definition) is 1. The van der Waals surface area contributed by atoms with Gasteiger partial charge in [0.2, 0.25) is 0 Å². The predicted octanol–water partition coefficient (Wildman–Crippen LogP) is 4.95. The molecule has 1 aliphatic heterocycles. The lowest BCUT2D eigenvalue weighted by Gasteiger charge is -2.36. The monoisotopic (exact) mass is 402 g/mol. The molecule has 30 heavy (non-hydrogen) atoms. The van der Waals surface area contributed by atoms with Crippen LogP contribution >= 0.6 is 0 Å². The summed E-state index contributed by atoms with van der Waals surface area (Å²) in [6, 6.07) is 20.4. The fourth-order valence-corrected chi connectivity index (χ4v) is 4.32. The number of benzene rings is 2. The van der Waals surface area contributed by atoms with E-state index < -0.39 is 0 Å². The van der Waals surface area contributed by atoms with Gasteiger partial charge in [0, 0.05) is 6.20 Å². The number of carbonyl (C=O) groups is 1. The normalized spacial score (nSPS) is 18.1. The molecule has 2 heterocycles. The number of likely N-dealkylation sites (tertiary alicyclic amines) is 1. The van der Waals surface area contributed by atoms with Crippen molar-refractivity contribution in [1.82, 2.24) is 20.1 Å². The Bertz CT molecular complexity index is 985. The second kappa shape index (κ2) is 9.26. The van der Waals surface area contributed by atoms with Gasteiger partial charge < -0.3 is 10.2 Å². The SMILES string of the molecule is C[C@@H](c1cccc2ccccc12)N(Cc1ccccn1)C(=O)NC1CCCCN1C. The maximum atomic E-state index is 13.5. The number of hydrogen-bond acceptors (Lipinski definition) is 3. The predicted molar refractivity (Wildman–Crippen MR) is 121 cm³/mol. The van der Waals surface area contributed by atoms with E-state index in [1.165, 1.54) is 17.2 Å². The number of nitrogens with one attached hydrogen (secondary N) is 1. The van der Waals surface area contributed by atoms with Crippen molar-refractivity contribution in [2.75, 3.05) is 13.6 Å². The van der Waals surface area contributed by atoms with Crippen LogP contribution in [0.4, 0.5) is 4.79 Å². The van der Waals surface area contributed by atoms with Crippen molar-refractivity contribution in [1.29, 1.82) is 0 Å². The Morgan fingerprint density at radius 3 is 2.73 bits per heavy atom. The van der Waals surface area contributed by atoms with Crippen LogP contribution in [0.15, 0.2) is 66.9 Å². The molecule has 0 radical (unpaired) electrons. The van der Waals surface area contributed by atoms with Crippen LogP contribution in [0.1, 0.15) is 43.5 Å². The summed E-state index contributed by atoms with van der Waals surface area (Å²) in [5.74, 6) is 0. The number of rotatable bonds is 5. The van der Waals surface area contributed by atoms with Crippen LogP contribution < -0.4 is 5.32 Å². The Morgan fingerprint density at radius 1 is 1.13 bits per heavy atom. The van der Waals surface area contributed by atoms with E-state index in [0.29, 0.717) is 6.54 Å². The van der Waals surface area contributed by atoms with Gasteiger partial charge in [-0.25, -0.2) is 4.79 Å². The second-order valence-corrected chi connectivity index (χ2v) is 8.14. The summed E-state index contributed by atoms with van der Waals surface area (Å²) in [5.41, 5.74) is 2.04. The van der Waals surface area contributed by atoms with E-state index in [1.807, 2.05) is 29.2 Å². The lowest BCUT2D eigenvalue weighted by Crippen LogP contribution is -2.53. The first kappa shape index (κ1) is 20.4. The van der Waals surface area contributed by atoms with Gasteiger partial charge in [-0.1, -0.05) is 48.5 Å². The zero-order chi connectivity index (χ0) is 20.9. The third kappa shape index (κ3) is 4.46. The topological polar surface area (TPSA) is 48.5 Å². The molecular weight excluding hydrogens is 372 g/mol. The van der Waals surface area contributed by atoms with Crippen molar-refractivity contribution in [3.63, 3.8) is 0 Å². The molecule has 1 fully saturated rings. The van der Waals surface area contributed by atoms with Gasteiger partial charge in [-0.2, -0.15) is 0 Å². The summed E-state index contributed by atoms with van der Waals surface area (Å²) < 4.78 is 0. The summed E-state index contributed by atoms with van der Waals surface area (Å²) in [4.78, 5) is 22.1. The van der Waals surface area contributed by atoms with Crippen LogP contribution in [0, 0.1) is 0 Å². The minimum absolute atomic E-state index is 0.0418. The van der Waals surface area contributed by atoms with Gasteiger partial charge in [0.25, 0.3) is 0 Å². The first-order valence-corrected chi connectivity index (χ1v) is 10.8. The average molecular weight is 403 g/mol. The van der Waals surface area contributed by atoms with E-state index in [-0.39, 0.29) is 18.2 Å². The summed E-state index contributed by atoms with van der Waals surface area (Å²) >= 11 is 0. The van der Waals surface area contributed by atoms with E-state index in [2.05, 4.69) is 65.6 Å². The smallest absolute Gasteiger partial charge is 0.319 e. The fraction of sp³-hybridized carbons (Fsp3) is 0.360. The van der Waals surface area contributed by atoms with Crippen LogP contribution in [0.5, 0.6) is 0 Å². The number of piperidine rings is 1. The zero-order valence-corrected chi connectivity index (χ0v) is 17.8. The summed E-state index contributed by atoms with van der Waals surface area (Å²) in [5, 5.41) is 5.64. The van der Waals surface area contributed by atoms with E-state index in [9.17, 15) is 4.79 Å². The summed E-state index contributed by atoms with van der Waals surface area (Å²) in [6.45, 7) is 3.59. The van der Waals surface area contributed by atoms with Crippen LogP contribution in [-0.4, -0.2) is 40.6 Å². The number of nitrogens with zero attached hydrogens (tertiary/aromatic N) is 3. The minimum atomic E-state index is -0.0907. The molecule has 5 heteroatoms. The second-order valence-electron chi connectivity index (χ2n) is 8.14. The standard InChI is InChI=1S/C25H30N4O/c1-19(22-14-9-11-20-10-3-4-13-23(20)22)29(18-21-12-5-7-16-26-21)25(30)27-24-15-6-8-17-28(24)2/h3-5,7,9-14,16,19,24H,6,8,15,17-18H2,1-2H3,(H,27,30)/t19-,24?/m0/s1. The van der Waals surface area contributed by atoms with Crippen molar-refractivity contribution in [2.45, 2.75) is 44.9 Å². The largest absolute Gasteiger partial charge is 0.322 e. The van der Waals surface area contributed by atoms with E-state index in [4.69, 9.17) is 0 Å². The molecule has 1 N–H and O–H groups in total. The highest BCUT2D eigenvalue weighted by atomic mass is 16.2. The molecule has 2 amide bonds. The van der Waals surface area contributed by atoms with E-state index >= 15 is 0 Å². The molecule has 1 unspecified atom stereocenters. The third-order valence-electron chi connectivity index (χ3n) is 6.12. The number of fused-ring (bicyclic) bond motifs is 1. The zero-order valence-electron chi connectivity index (χ0n) is 17.8. The average Bonchev–Trinajstić information content (AvgIpc) is 2.79. The summed E-state index contributed by atoms with van der Waals surface area (Å²) in [6.07, 6.45) is 5.18. The van der Waals surface area contributed by atoms with Crippen LogP contribution in [0.3, 0.4) is 0 Å². The first-order chi connectivity index (χ1) is 14.6. The number of urea groups is 1. The van der Waals surface area contributed by atoms with Gasteiger partial charge in [-0.3, -0.25) is 9.88 Å². The minimum Gasteiger partial charge on any atom is -0.322 e. The maximum absolute atomic E-state index is 13.5. The lowest BCUT2D eigenvalue weighted by molar-refractivity contribution is 0.128. The molecule has 0 aliphatic carbocycles. The molecule has 156 valence electrons. The Labute approximate surface area is 178 Å². The number of carbonyl (C=O) groups excluding carboxylic acids is 1. The number of pyridine rings is 1. The third-order valence-corrected chi connectivity index (χ3v) is 6.12. The van der Waals surface area contributed by atoms with Gasteiger partial charge in [0.1, 0.15) is 0 Å². The molecule has 1 aromatic heterocycles. The Balaban J connectivity index is 1.64. The molecule has 2 aromatic carbocycles. The first-order valence-electron chi connectivity index (χ1n) is 10.8. The molecule has 0 bridgehead atoms. The van der Waals surface area contributed by atoms with Crippen molar-refractivity contribution >= 4 is 16.8 Å². The van der Waals surface area contributed by atoms with Gasteiger partial charge in [-0.15, -0.1) is 0 Å². The summed E-state index contributed by atoms with van der Waals surface area (Å²) in [7, 11) is 2.08. The Hall–Kier alpha value is -2.92. The van der Waals surface area contributed by atoms with Gasteiger partial charge >= 0.3 is 6.03 Å². The van der Waals surface area contributed by atoms with Crippen LogP contribution in [0.25, 0.3) is 10.8 Å². The molecule has 1 saturated heterocycles. The van der Waals surface area contributed by atoms with Gasteiger partial charge in [-0.05, 0) is 68.2 Å². The number of amides is 2. The van der Waals surface area contributed by atoms with E-state index in [0.717, 1.165) is 30.6 Å². The highest BCUT2D eigenvalue weighted by Crippen LogP contribution is 2.29. The molecule has 3 aromatic rings. The molecule has 5 nitrogen and oxygen atoms in total. The van der Waals surface area contributed by atoms with Crippen molar-refractivity contribution in [2.24, 2.45) is 0 Å². The van der Waals surface area contributed by atoms with Crippen LogP contribution in [-0.2, 0) is 6.54 Å². The van der Waals surface area contributed by atoms with Crippen molar-refractivity contribution in [3.8, 4) is 0 Å². The Kier molecular flexibility index (Phi) is 6.29. The number of aromatic nitrogens is 1. The quantitative estimate of drug-likeness (QED) is 0.657. The molecule has 1 aliphatic rings. The Morgan fingerprint density at radius 2 is 1.93 bits per heavy atom. The lowest BCUT2D eigenvalue weighted by atomic mass is 9.98.